The Kier molecular flexibility index (Phi) is 0.411. The van der Waals surface area contributed by atoms with Gasteiger partial charge in [-0.05, 0) is 0 Å². The molecule has 29 valence electrons. The Morgan fingerprint density at radius 1 is 1.80 bits per heavy atom. The highest BCUT2D eigenvalue weighted by atomic mass is 19.2. The third kappa shape index (κ3) is 0.389. The summed E-state index contributed by atoms with van der Waals surface area (Å²) in [5.74, 6) is 0. The Morgan fingerprint density at radius 2 is 2.00 bits per heavy atom. The second-order valence-corrected chi connectivity index (χ2v) is 1.12. The quantitative estimate of drug-likeness (QED) is 0.408. The molecule has 5 heavy (non-hydrogen) atoms. The second kappa shape index (κ2) is 0.671. The van der Waals surface area contributed by atoms with Gasteiger partial charge in [-0.25, -0.2) is 8.78 Å². The van der Waals surface area contributed by atoms with Crippen LogP contribution in [-0.2, 0) is 0 Å². The largest absolute Gasteiger partial charge is 0.244 e. The van der Waals surface area contributed by atoms with Gasteiger partial charge < -0.3 is 0 Å². The summed E-state index contributed by atoms with van der Waals surface area (Å²) in [6.45, 7) is 0. The monoisotopic (exact) mass is 77.0 g/mol. The number of halogens is 2. The molecular formula is C3H3F2. The van der Waals surface area contributed by atoms with Crippen molar-refractivity contribution < 1.29 is 8.78 Å². The summed E-state index contributed by atoms with van der Waals surface area (Å²) < 4.78 is 22.1. The molecule has 1 radical (unpaired) electrons. The average Bonchev–Trinajstić information content (AvgIpc) is 1.79. The molecule has 0 bridgehead atoms. The van der Waals surface area contributed by atoms with E-state index in [2.05, 4.69) is 0 Å². The smallest absolute Gasteiger partial charge is 0.181 e. The summed E-state index contributed by atoms with van der Waals surface area (Å²) in [6, 6.07) is 0. The van der Waals surface area contributed by atoms with Crippen LogP contribution in [-0.4, -0.2) is 6.17 Å². The Labute approximate surface area is 28.8 Å². The van der Waals surface area contributed by atoms with E-state index in [1.165, 1.54) is 0 Å². The summed E-state index contributed by atoms with van der Waals surface area (Å²) in [6.07, 6.45) is -1.64. The standard InChI is InChI=1S/C3H3F2/c4-2-1-3(2)5/h2H,1H2/t2-/m1/s1. The number of rotatable bonds is 0. The van der Waals surface area contributed by atoms with E-state index in [4.69, 9.17) is 0 Å². The molecule has 1 aliphatic carbocycles. The van der Waals surface area contributed by atoms with E-state index in [9.17, 15) is 8.78 Å². The Balaban J connectivity index is 2.20. The van der Waals surface area contributed by atoms with Crippen LogP contribution in [0.1, 0.15) is 6.42 Å². The van der Waals surface area contributed by atoms with E-state index < -0.39 is 12.3 Å². The Bertz CT molecular complexity index is 38.2. The lowest BCUT2D eigenvalue weighted by Crippen LogP contribution is -1.58. The Morgan fingerprint density at radius 3 is 2.00 bits per heavy atom. The van der Waals surface area contributed by atoms with Crippen LogP contribution >= 0.6 is 0 Å². The molecule has 0 amide bonds. The molecule has 0 aromatic heterocycles. The zero-order chi connectivity index (χ0) is 3.86. The van der Waals surface area contributed by atoms with Crippen molar-refractivity contribution in [2.24, 2.45) is 0 Å². The van der Waals surface area contributed by atoms with E-state index in [1.807, 2.05) is 0 Å². The molecular weight excluding hydrogens is 74.0 g/mol. The van der Waals surface area contributed by atoms with Gasteiger partial charge in [0.15, 0.2) is 6.17 Å². The van der Waals surface area contributed by atoms with Crippen molar-refractivity contribution in [3.63, 3.8) is 0 Å². The zero-order valence-electron chi connectivity index (χ0n) is 2.54. The third-order valence-electron chi connectivity index (χ3n) is 0.554. The van der Waals surface area contributed by atoms with Gasteiger partial charge in [-0.3, -0.25) is 0 Å². The molecule has 1 fully saturated rings. The predicted molar refractivity (Wildman–Crippen MR) is 13.9 cm³/mol. The summed E-state index contributed by atoms with van der Waals surface area (Å²) in [5, 5.41) is 0. The molecule has 1 aliphatic rings. The van der Waals surface area contributed by atoms with Gasteiger partial charge in [-0.1, -0.05) is 0 Å². The molecule has 1 atom stereocenters. The van der Waals surface area contributed by atoms with E-state index >= 15 is 0 Å². The van der Waals surface area contributed by atoms with Gasteiger partial charge >= 0.3 is 0 Å². The maximum absolute atomic E-state index is 11.1. The van der Waals surface area contributed by atoms with Gasteiger partial charge in [-0.2, -0.15) is 0 Å². The molecule has 0 aromatic carbocycles. The Hall–Kier alpha value is -0.140. The molecule has 0 spiro atoms. The van der Waals surface area contributed by atoms with Crippen molar-refractivity contribution in [2.45, 2.75) is 12.6 Å². The van der Waals surface area contributed by atoms with Crippen LogP contribution in [0.3, 0.4) is 0 Å². The summed E-state index contributed by atoms with van der Waals surface area (Å²) in [5.41, 5.74) is 0. The molecule has 0 aromatic rings. The summed E-state index contributed by atoms with van der Waals surface area (Å²) >= 11 is 0. The SMILES string of the molecule is F[C]1C[C@H]1F. The van der Waals surface area contributed by atoms with Crippen LogP contribution in [0.4, 0.5) is 8.78 Å². The van der Waals surface area contributed by atoms with Gasteiger partial charge in [0.2, 0.25) is 0 Å². The lowest BCUT2D eigenvalue weighted by atomic mass is 10.9. The topological polar surface area (TPSA) is 0 Å². The molecule has 0 N–H and O–H groups in total. The van der Waals surface area contributed by atoms with Gasteiger partial charge in [0.1, 0.15) is 6.17 Å². The van der Waals surface area contributed by atoms with Crippen molar-refractivity contribution in [3.05, 3.63) is 6.17 Å². The highest BCUT2D eigenvalue weighted by Crippen LogP contribution is 2.36. The fourth-order valence-electron chi connectivity index (χ4n) is 0.112. The second-order valence-electron chi connectivity index (χ2n) is 1.12. The first-order chi connectivity index (χ1) is 2.30. The van der Waals surface area contributed by atoms with Crippen molar-refractivity contribution in [1.29, 1.82) is 0 Å². The van der Waals surface area contributed by atoms with E-state index in [1.54, 1.807) is 0 Å². The molecule has 1 rings (SSSR count). The minimum absolute atomic E-state index is 0.0556. The lowest BCUT2D eigenvalue weighted by molar-refractivity contribution is 0.437. The number of hydrogen-bond donors (Lipinski definition) is 0. The highest BCUT2D eigenvalue weighted by molar-refractivity contribution is 5.05. The molecule has 0 unspecified atom stereocenters. The maximum atomic E-state index is 11.1. The minimum atomic E-state index is -1.20. The first kappa shape index (κ1) is 3.07. The van der Waals surface area contributed by atoms with Crippen molar-refractivity contribution in [3.8, 4) is 0 Å². The van der Waals surface area contributed by atoms with Gasteiger partial charge in [0.05, 0.1) is 0 Å². The zero-order valence-corrected chi connectivity index (χ0v) is 2.54. The first-order valence-electron chi connectivity index (χ1n) is 1.46. The van der Waals surface area contributed by atoms with Gasteiger partial charge in [0.25, 0.3) is 0 Å². The summed E-state index contributed by atoms with van der Waals surface area (Å²) in [4.78, 5) is 0. The molecule has 1 saturated carbocycles. The summed E-state index contributed by atoms with van der Waals surface area (Å²) in [7, 11) is 0. The van der Waals surface area contributed by atoms with Crippen molar-refractivity contribution in [1.82, 2.24) is 0 Å². The van der Waals surface area contributed by atoms with Gasteiger partial charge in [0, 0.05) is 6.42 Å². The normalized spacial score (nSPS) is 38.4. The molecule has 0 heterocycles. The molecule has 0 aliphatic heterocycles. The van der Waals surface area contributed by atoms with Gasteiger partial charge in [-0.15, -0.1) is 0 Å². The predicted octanol–water partition coefficient (Wildman–Crippen LogP) is 1.23. The minimum Gasteiger partial charge on any atom is -0.244 e. The fourth-order valence-corrected chi connectivity index (χ4v) is 0.112. The first-order valence-corrected chi connectivity index (χ1v) is 1.46. The number of alkyl halides is 1. The van der Waals surface area contributed by atoms with Crippen LogP contribution in [0.25, 0.3) is 0 Å². The maximum Gasteiger partial charge on any atom is 0.181 e. The number of hydrogen-bond acceptors (Lipinski definition) is 0. The lowest BCUT2D eigenvalue weighted by Gasteiger charge is -1.58. The van der Waals surface area contributed by atoms with E-state index in [-0.39, 0.29) is 6.42 Å². The van der Waals surface area contributed by atoms with Crippen LogP contribution in [0.2, 0.25) is 0 Å². The van der Waals surface area contributed by atoms with Crippen LogP contribution < -0.4 is 0 Å². The molecule has 2 heteroatoms. The van der Waals surface area contributed by atoms with Crippen molar-refractivity contribution in [2.75, 3.05) is 0 Å². The van der Waals surface area contributed by atoms with Crippen molar-refractivity contribution >= 4 is 0 Å². The third-order valence-corrected chi connectivity index (χ3v) is 0.554. The van der Waals surface area contributed by atoms with Crippen LogP contribution in [0.5, 0.6) is 0 Å². The average molecular weight is 77.1 g/mol. The van der Waals surface area contributed by atoms with Crippen LogP contribution in [0.15, 0.2) is 0 Å². The molecule has 0 nitrogen and oxygen atoms in total. The highest BCUT2D eigenvalue weighted by Gasteiger charge is 2.39. The van der Waals surface area contributed by atoms with E-state index in [0.717, 1.165) is 0 Å². The van der Waals surface area contributed by atoms with Crippen LogP contribution in [0, 0.1) is 6.17 Å². The molecule has 0 saturated heterocycles. The van der Waals surface area contributed by atoms with E-state index in [0.29, 0.717) is 0 Å². The fraction of sp³-hybridized carbons (Fsp3) is 0.667.